The first kappa shape index (κ1) is 16.1. The lowest BCUT2D eigenvalue weighted by Gasteiger charge is -2.04. The maximum atomic E-state index is 12.2. The molecule has 1 N–H and O–H groups in total. The number of aromatic hydroxyl groups is 1. The first-order valence-electron chi connectivity index (χ1n) is 6.82. The van der Waals surface area contributed by atoms with E-state index in [9.17, 15) is 15.2 Å². The van der Waals surface area contributed by atoms with E-state index in [0.29, 0.717) is 16.0 Å². The van der Waals surface area contributed by atoms with Crippen molar-refractivity contribution < 1.29 is 9.52 Å². The largest absolute Gasteiger partial charge is 0.508 e. The third kappa shape index (κ3) is 3.13. The number of phenolic OH excluding ortho intramolecular Hbond substituents is 1. The smallest absolute Gasteiger partial charge is 0.344 e. The van der Waals surface area contributed by atoms with Gasteiger partial charge in [-0.1, -0.05) is 35.3 Å². The molecule has 118 valence electrons. The van der Waals surface area contributed by atoms with Crippen LogP contribution in [0.5, 0.6) is 5.75 Å². The number of allylic oxidation sites excluding steroid dienone is 1. The van der Waals surface area contributed by atoms with Crippen molar-refractivity contribution in [3.05, 3.63) is 74.1 Å². The molecule has 6 heteroatoms. The molecule has 0 radical (unpaired) electrons. The maximum absolute atomic E-state index is 12.2. The summed E-state index contributed by atoms with van der Waals surface area (Å²) in [5, 5.41) is 19.8. The number of nitrogens with zero attached hydrogens (tertiary/aromatic N) is 1. The van der Waals surface area contributed by atoms with Gasteiger partial charge in [-0.25, -0.2) is 4.79 Å². The van der Waals surface area contributed by atoms with Gasteiger partial charge in [-0.15, -0.1) is 0 Å². The van der Waals surface area contributed by atoms with Crippen LogP contribution >= 0.6 is 23.2 Å². The van der Waals surface area contributed by atoms with Crippen molar-refractivity contribution in [1.29, 1.82) is 5.26 Å². The minimum atomic E-state index is -0.668. The van der Waals surface area contributed by atoms with Crippen molar-refractivity contribution in [1.82, 2.24) is 0 Å². The number of phenols is 1. The molecule has 0 aliphatic carbocycles. The van der Waals surface area contributed by atoms with E-state index in [2.05, 4.69) is 0 Å². The first-order valence-corrected chi connectivity index (χ1v) is 7.57. The van der Waals surface area contributed by atoms with Gasteiger partial charge in [0.15, 0.2) is 5.58 Å². The summed E-state index contributed by atoms with van der Waals surface area (Å²) < 4.78 is 5.24. The van der Waals surface area contributed by atoms with Crippen LogP contribution in [0.25, 0.3) is 22.6 Å². The Hall–Kier alpha value is -2.74. The molecule has 4 nitrogen and oxygen atoms in total. The molecule has 3 aromatic rings. The van der Waals surface area contributed by atoms with Gasteiger partial charge in [0, 0.05) is 10.4 Å². The maximum Gasteiger partial charge on any atom is 0.344 e. The molecule has 0 amide bonds. The highest BCUT2D eigenvalue weighted by atomic mass is 35.5. The molecule has 0 unspecified atom stereocenters. The summed E-state index contributed by atoms with van der Waals surface area (Å²) in [4.78, 5) is 12.2. The standard InChI is InChI=1S/C18H9Cl2NO3/c19-13-6-11-7-15(18(23)24-17(11)16(20)8-13)12(9-21)5-10-1-3-14(22)4-2-10/h1-8,22H. The minimum Gasteiger partial charge on any atom is -0.508 e. The van der Waals surface area contributed by atoms with Crippen molar-refractivity contribution in [2.75, 3.05) is 0 Å². The average Bonchev–Trinajstić information content (AvgIpc) is 2.55. The SMILES string of the molecule is N#CC(=Cc1ccc(O)cc1)c1cc2cc(Cl)cc(Cl)c2oc1=O. The van der Waals surface area contributed by atoms with Gasteiger partial charge in [-0.2, -0.15) is 5.26 Å². The number of benzene rings is 2. The number of hydrogen-bond acceptors (Lipinski definition) is 4. The van der Waals surface area contributed by atoms with Gasteiger partial charge in [0.25, 0.3) is 0 Å². The fourth-order valence-electron chi connectivity index (χ4n) is 2.25. The molecule has 1 heterocycles. The first-order chi connectivity index (χ1) is 11.5. The van der Waals surface area contributed by atoms with Crippen molar-refractivity contribution in [3.63, 3.8) is 0 Å². The predicted molar refractivity (Wildman–Crippen MR) is 94.1 cm³/mol. The lowest BCUT2D eigenvalue weighted by molar-refractivity contribution is 0.475. The third-order valence-electron chi connectivity index (χ3n) is 3.37. The Balaban J connectivity index is 2.19. The number of nitriles is 1. The zero-order chi connectivity index (χ0) is 17.3. The Labute approximate surface area is 146 Å². The molecule has 24 heavy (non-hydrogen) atoms. The number of fused-ring (bicyclic) bond motifs is 1. The fourth-order valence-corrected chi connectivity index (χ4v) is 2.80. The van der Waals surface area contributed by atoms with Gasteiger partial charge < -0.3 is 9.52 Å². The number of rotatable bonds is 2. The molecule has 3 rings (SSSR count). The highest BCUT2D eigenvalue weighted by Crippen LogP contribution is 2.29. The van der Waals surface area contributed by atoms with Gasteiger partial charge in [-0.3, -0.25) is 0 Å². The molecule has 0 aliphatic rings. The topological polar surface area (TPSA) is 74.2 Å². The van der Waals surface area contributed by atoms with Crippen molar-refractivity contribution >= 4 is 45.8 Å². The molecule has 1 aromatic heterocycles. The Morgan fingerprint density at radius 2 is 1.88 bits per heavy atom. The van der Waals surface area contributed by atoms with Crippen LogP contribution in [0.15, 0.2) is 51.7 Å². The number of halogens is 2. The molecule has 0 aliphatic heterocycles. The van der Waals surface area contributed by atoms with Gasteiger partial charge in [0.1, 0.15) is 11.8 Å². The van der Waals surface area contributed by atoms with Gasteiger partial charge >= 0.3 is 5.63 Å². The van der Waals surface area contributed by atoms with Gasteiger partial charge in [0.2, 0.25) is 0 Å². The van der Waals surface area contributed by atoms with Crippen LogP contribution in [0.4, 0.5) is 0 Å². The second kappa shape index (κ2) is 6.40. The summed E-state index contributed by atoms with van der Waals surface area (Å²) in [6, 6.07) is 12.8. The van der Waals surface area contributed by atoms with Crippen LogP contribution < -0.4 is 5.63 Å². The quantitative estimate of drug-likeness (QED) is 0.524. The molecule has 0 saturated heterocycles. The molecule has 0 saturated carbocycles. The van der Waals surface area contributed by atoms with E-state index in [4.69, 9.17) is 27.6 Å². The van der Waals surface area contributed by atoms with Crippen LogP contribution in [0.2, 0.25) is 10.0 Å². The second-order valence-corrected chi connectivity index (χ2v) is 5.86. The third-order valence-corrected chi connectivity index (χ3v) is 3.87. The molecule has 0 bridgehead atoms. The number of hydrogen-bond donors (Lipinski definition) is 1. The van der Waals surface area contributed by atoms with Crippen LogP contribution in [-0.4, -0.2) is 5.11 Å². The average molecular weight is 358 g/mol. The van der Waals surface area contributed by atoms with Gasteiger partial charge in [0.05, 0.1) is 16.2 Å². The Morgan fingerprint density at radius 1 is 1.17 bits per heavy atom. The normalized spacial score (nSPS) is 11.5. The van der Waals surface area contributed by atoms with Crippen LogP contribution in [0, 0.1) is 11.3 Å². The van der Waals surface area contributed by atoms with Crippen molar-refractivity contribution in [2.24, 2.45) is 0 Å². The summed E-state index contributed by atoms with van der Waals surface area (Å²) in [6.07, 6.45) is 1.53. The van der Waals surface area contributed by atoms with Crippen molar-refractivity contribution in [3.8, 4) is 11.8 Å². The monoisotopic (exact) mass is 357 g/mol. The second-order valence-electron chi connectivity index (χ2n) is 5.01. The van der Waals surface area contributed by atoms with E-state index in [1.807, 2.05) is 6.07 Å². The summed E-state index contributed by atoms with van der Waals surface area (Å²) >= 11 is 12.0. The Morgan fingerprint density at radius 3 is 2.54 bits per heavy atom. The lowest BCUT2D eigenvalue weighted by atomic mass is 10.0. The van der Waals surface area contributed by atoms with E-state index in [1.165, 1.54) is 30.3 Å². The lowest BCUT2D eigenvalue weighted by Crippen LogP contribution is -2.06. The zero-order valence-electron chi connectivity index (χ0n) is 12.1. The van der Waals surface area contributed by atoms with Crippen LogP contribution in [-0.2, 0) is 0 Å². The Kier molecular flexibility index (Phi) is 4.30. The summed E-state index contributed by atoms with van der Waals surface area (Å²) in [7, 11) is 0. The molecule has 0 spiro atoms. The predicted octanol–water partition coefficient (Wildman–Crippen LogP) is 4.87. The highest BCUT2D eigenvalue weighted by molar-refractivity contribution is 6.38. The molecular formula is C18H9Cl2NO3. The summed E-state index contributed by atoms with van der Waals surface area (Å²) in [5.74, 6) is 0.111. The highest BCUT2D eigenvalue weighted by Gasteiger charge is 2.13. The van der Waals surface area contributed by atoms with E-state index in [0.717, 1.165) is 0 Å². The minimum absolute atomic E-state index is 0.108. The Bertz CT molecular complexity index is 1060. The molecule has 0 atom stereocenters. The van der Waals surface area contributed by atoms with Crippen molar-refractivity contribution in [2.45, 2.75) is 0 Å². The summed E-state index contributed by atoms with van der Waals surface area (Å²) in [6.45, 7) is 0. The molecular weight excluding hydrogens is 349 g/mol. The van der Waals surface area contributed by atoms with E-state index in [-0.39, 0.29) is 27.5 Å². The van der Waals surface area contributed by atoms with E-state index >= 15 is 0 Å². The van der Waals surface area contributed by atoms with Crippen LogP contribution in [0.3, 0.4) is 0 Å². The molecule has 2 aromatic carbocycles. The fraction of sp³-hybridized carbons (Fsp3) is 0. The van der Waals surface area contributed by atoms with Crippen LogP contribution in [0.1, 0.15) is 11.1 Å². The van der Waals surface area contributed by atoms with E-state index < -0.39 is 5.63 Å². The van der Waals surface area contributed by atoms with Gasteiger partial charge in [-0.05, 0) is 42.0 Å². The molecule has 0 fully saturated rings. The van der Waals surface area contributed by atoms with E-state index in [1.54, 1.807) is 18.2 Å². The summed E-state index contributed by atoms with van der Waals surface area (Å²) in [5.41, 5.74) is 0.451. The zero-order valence-corrected chi connectivity index (χ0v) is 13.6.